The van der Waals surface area contributed by atoms with Gasteiger partial charge >= 0.3 is 12.2 Å². The molecule has 3 N–H and O–H groups in total. The minimum Gasteiger partial charge on any atom is -0.354 e. The average Bonchev–Trinajstić information content (AvgIpc) is 2.25. The largest absolute Gasteiger partial charge is 0.405 e. The third-order valence-electron chi connectivity index (χ3n) is 2.11. The molecule has 5 nitrogen and oxygen atoms in total. The van der Waals surface area contributed by atoms with Crippen molar-refractivity contribution in [1.29, 1.82) is 0 Å². The molecule has 8 heteroatoms. The summed E-state index contributed by atoms with van der Waals surface area (Å²) < 4.78 is 35.2. The number of urea groups is 1. The highest BCUT2D eigenvalue weighted by atomic mass is 19.4. The minimum absolute atomic E-state index is 0.00798. The Labute approximate surface area is 103 Å². The Morgan fingerprint density at radius 1 is 1.22 bits per heavy atom. The summed E-state index contributed by atoms with van der Waals surface area (Å²) in [6.07, 6.45) is -3.62. The fraction of sp³-hybridized carbons (Fsp3) is 0.800. The molecule has 0 saturated carbocycles. The molecule has 18 heavy (non-hydrogen) atoms. The Bertz CT molecular complexity index is 282. The van der Waals surface area contributed by atoms with Crippen LogP contribution < -0.4 is 16.0 Å². The van der Waals surface area contributed by atoms with Crippen molar-refractivity contribution in [2.45, 2.75) is 38.9 Å². The molecular weight excluding hydrogens is 251 g/mol. The second-order valence-corrected chi connectivity index (χ2v) is 3.85. The molecule has 0 aromatic rings. The van der Waals surface area contributed by atoms with Crippen molar-refractivity contribution >= 4 is 11.9 Å². The van der Waals surface area contributed by atoms with Gasteiger partial charge in [-0.2, -0.15) is 13.2 Å². The summed E-state index contributed by atoms with van der Waals surface area (Å²) in [6.45, 7) is 2.35. The van der Waals surface area contributed by atoms with Crippen LogP contribution in [0.2, 0.25) is 0 Å². The third kappa shape index (κ3) is 9.73. The van der Waals surface area contributed by atoms with Crippen LogP contribution in [0.4, 0.5) is 18.0 Å². The fourth-order valence-electron chi connectivity index (χ4n) is 0.982. The number of hydrogen-bond acceptors (Lipinski definition) is 2. The topological polar surface area (TPSA) is 70.2 Å². The quantitative estimate of drug-likeness (QED) is 0.677. The molecule has 0 bridgehead atoms. The number of amides is 3. The van der Waals surface area contributed by atoms with Crippen molar-refractivity contribution in [2.24, 2.45) is 0 Å². The van der Waals surface area contributed by atoms with Crippen LogP contribution in [0, 0.1) is 0 Å². The van der Waals surface area contributed by atoms with E-state index in [1.807, 2.05) is 13.8 Å². The molecule has 0 rings (SSSR count). The van der Waals surface area contributed by atoms with Crippen LogP contribution in [0.5, 0.6) is 0 Å². The van der Waals surface area contributed by atoms with Gasteiger partial charge in [0.2, 0.25) is 5.91 Å². The Hall–Kier alpha value is -1.47. The molecule has 3 amide bonds. The van der Waals surface area contributed by atoms with Crippen molar-refractivity contribution in [3.05, 3.63) is 0 Å². The lowest BCUT2D eigenvalue weighted by atomic mass is 10.2. The Kier molecular flexibility index (Phi) is 7.14. The van der Waals surface area contributed by atoms with Gasteiger partial charge in [0, 0.05) is 19.0 Å². The van der Waals surface area contributed by atoms with E-state index < -0.39 is 18.8 Å². The van der Waals surface area contributed by atoms with Crippen LogP contribution in [-0.4, -0.2) is 37.2 Å². The van der Waals surface area contributed by atoms with Crippen LogP contribution >= 0.6 is 0 Å². The zero-order chi connectivity index (χ0) is 14.2. The van der Waals surface area contributed by atoms with Gasteiger partial charge in [0.15, 0.2) is 0 Å². The highest BCUT2D eigenvalue weighted by Crippen LogP contribution is 2.11. The molecule has 0 aromatic carbocycles. The SMILES string of the molecule is CCC(C)NC(=O)CCNC(=O)NCC(F)(F)F. The smallest absolute Gasteiger partial charge is 0.354 e. The molecule has 0 heterocycles. The van der Waals surface area contributed by atoms with Crippen molar-refractivity contribution in [3.8, 4) is 0 Å². The summed E-state index contributed by atoms with van der Waals surface area (Å²) in [5.41, 5.74) is 0. The van der Waals surface area contributed by atoms with Gasteiger partial charge in [0.1, 0.15) is 6.54 Å². The second-order valence-electron chi connectivity index (χ2n) is 3.85. The lowest BCUT2D eigenvalue weighted by molar-refractivity contribution is -0.123. The van der Waals surface area contributed by atoms with Gasteiger partial charge < -0.3 is 16.0 Å². The highest BCUT2D eigenvalue weighted by Gasteiger charge is 2.27. The van der Waals surface area contributed by atoms with E-state index in [1.54, 1.807) is 5.32 Å². The maximum Gasteiger partial charge on any atom is 0.405 e. The highest BCUT2D eigenvalue weighted by molar-refractivity contribution is 5.78. The molecule has 1 atom stereocenters. The van der Waals surface area contributed by atoms with E-state index in [4.69, 9.17) is 0 Å². The number of alkyl halides is 3. The van der Waals surface area contributed by atoms with Crippen LogP contribution in [0.3, 0.4) is 0 Å². The van der Waals surface area contributed by atoms with E-state index in [9.17, 15) is 22.8 Å². The number of hydrogen-bond donors (Lipinski definition) is 3. The van der Waals surface area contributed by atoms with E-state index in [2.05, 4.69) is 10.6 Å². The number of carbonyl (C=O) groups excluding carboxylic acids is 2. The lowest BCUT2D eigenvalue weighted by Gasteiger charge is -2.12. The number of halogens is 3. The van der Waals surface area contributed by atoms with Crippen molar-refractivity contribution < 1.29 is 22.8 Å². The first kappa shape index (κ1) is 16.5. The molecule has 0 aliphatic heterocycles. The van der Waals surface area contributed by atoms with Crippen LogP contribution in [0.25, 0.3) is 0 Å². The summed E-state index contributed by atoms with van der Waals surface area (Å²) in [6, 6.07) is -0.903. The average molecular weight is 269 g/mol. The van der Waals surface area contributed by atoms with Gasteiger partial charge in [-0.3, -0.25) is 4.79 Å². The van der Waals surface area contributed by atoms with Crippen LogP contribution in [0.1, 0.15) is 26.7 Å². The van der Waals surface area contributed by atoms with Gasteiger partial charge in [0.05, 0.1) is 0 Å². The predicted molar refractivity (Wildman–Crippen MR) is 60.0 cm³/mol. The molecule has 0 aliphatic rings. The predicted octanol–water partition coefficient (Wildman–Crippen LogP) is 1.15. The summed E-state index contributed by atoms with van der Waals surface area (Å²) in [4.78, 5) is 22.1. The number of carbonyl (C=O) groups is 2. The van der Waals surface area contributed by atoms with Crippen molar-refractivity contribution in [1.82, 2.24) is 16.0 Å². The molecule has 0 saturated heterocycles. The van der Waals surface area contributed by atoms with Gasteiger partial charge in [-0.1, -0.05) is 6.92 Å². The van der Waals surface area contributed by atoms with Crippen LogP contribution in [0.15, 0.2) is 0 Å². The molecule has 0 spiro atoms. The first-order chi connectivity index (χ1) is 8.24. The van der Waals surface area contributed by atoms with E-state index >= 15 is 0 Å². The molecule has 0 aliphatic carbocycles. The molecule has 0 radical (unpaired) electrons. The summed E-state index contributed by atoms with van der Waals surface area (Å²) in [5.74, 6) is -0.250. The Morgan fingerprint density at radius 3 is 2.33 bits per heavy atom. The molecular formula is C10H18F3N3O2. The summed E-state index contributed by atoms with van der Waals surface area (Å²) in [5, 5.41) is 6.48. The maximum absolute atomic E-state index is 11.7. The van der Waals surface area contributed by atoms with E-state index in [-0.39, 0.29) is 24.9 Å². The zero-order valence-corrected chi connectivity index (χ0v) is 10.4. The zero-order valence-electron chi connectivity index (χ0n) is 10.4. The summed E-state index contributed by atoms with van der Waals surface area (Å²) in [7, 11) is 0. The minimum atomic E-state index is -4.44. The van der Waals surface area contributed by atoms with E-state index in [0.29, 0.717) is 0 Å². The maximum atomic E-state index is 11.7. The molecule has 106 valence electrons. The molecule has 0 aromatic heterocycles. The third-order valence-corrected chi connectivity index (χ3v) is 2.11. The lowest BCUT2D eigenvalue weighted by Crippen LogP contribution is -2.42. The fourth-order valence-corrected chi connectivity index (χ4v) is 0.982. The van der Waals surface area contributed by atoms with E-state index in [1.165, 1.54) is 0 Å². The Morgan fingerprint density at radius 2 is 1.83 bits per heavy atom. The molecule has 1 unspecified atom stereocenters. The molecule has 0 fully saturated rings. The number of rotatable bonds is 6. The second kappa shape index (κ2) is 7.78. The Balaban J connectivity index is 3.65. The van der Waals surface area contributed by atoms with E-state index in [0.717, 1.165) is 6.42 Å². The number of nitrogens with one attached hydrogen (secondary N) is 3. The first-order valence-electron chi connectivity index (χ1n) is 5.62. The standard InChI is InChI=1S/C10H18F3N3O2/c1-3-7(2)16-8(17)4-5-14-9(18)15-6-10(11,12)13/h7H,3-6H2,1-2H3,(H,16,17)(H2,14,15,18). The first-order valence-corrected chi connectivity index (χ1v) is 5.62. The van der Waals surface area contributed by atoms with Crippen LogP contribution in [-0.2, 0) is 4.79 Å². The van der Waals surface area contributed by atoms with Gasteiger partial charge in [-0.15, -0.1) is 0 Å². The van der Waals surface area contributed by atoms with Crippen molar-refractivity contribution in [2.75, 3.05) is 13.1 Å². The van der Waals surface area contributed by atoms with Gasteiger partial charge in [-0.05, 0) is 13.3 Å². The normalized spacial score (nSPS) is 12.7. The monoisotopic (exact) mass is 269 g/mol. The van der Waals surface area contributed by atoms with Gasteiger partial charge in [-0.25, -0.2) is 4.79 Å². The van der Waals surface area contributed by atoms with Crippen molar-refractivity contribution in [3.63, 3.8) is 0 Å². The summed E-state index contributed by atoms with van der Waals surface area (Å²) >= 11 is 0. The van der Waals surface area contributed by atoms with Gasteiger partial charge in [0.25, 0.3) is 0 Å².